The van der Waals surface area contributed by atoms with Gasteiger partial charge < -0.3 is 19.3 Å². The van der Waals surface area contributed by atoms with Crippen LogP contribution in [-0.4, -0.2) is 78.7 Å². The number of urea groups is 1. The fourth-order valence-electron chi connectivity index (χ4n) is 5.81. The molecule has 0 bridgehead atoms. The maximum absolute atomic E-state index is 13.6. The van der Waals surface area contributed by atoms with E-state index in [1.54, 1.807) is 24.1 Å². The Bertz CT molecular complexity index is 1190. The van der Waals surface area contributed by atoms with Crippen LogP contribution in [0.2, 0.25) is 0 Å². The van der Waals surface area contributed by atoms with Crippen LogP contribution in [0.3, 0.4) is 0 Å². The third-order valence-electron chi connectivity index (χ3n) is 7.99. The molecule has 11 heteroatoms. The summed E-state index contributed by atoms with van der Waals surface area (Å²) in [7, 11) is 5.55. The van der Waals surface area contributed by atoms with E-state index >= 15 is 0 Å². The summed E-state index contributed by atoms with van der Waals surface area (Å²) in [5.74, 6) is -3.35. The minimum Gasteiger partial charge on any atom is -0.497 e. The van der Waals surface area contributed by atoms with Gasteiger partial charge in [0.15, 0.2) is 0 Å². The molecule has 4 rings (SSSR count). The fraction of sp³-hybridized carbons (Fsp3) is 0.464. The zero-order valence-electron chi connectivity index (χ0n) is 22.2. The number of ether oxygens (including phenoxy) is 2. The summed E-state index contributed by atoms with van der Waals surface area (Å²) in [6, 6.07) is 16.7. The molecule has 210 valence electrons. The van der Waals surface area contributed by atoms with Gasteiger partial charge in [-0.3, -0.25) is 4.90 Å². The predicted octanol–water partition coefficient (Wildman–Crippen LogP) is 4.33. The van der Waals surface area contributed by atoms with Crippen molar-refractivity contribution in [2.24, 2.45) is 0 Å². The van der Waals surface area contributed by atoms with Gasteiger partial charge in [-0.15, -0.1) is 0 Å². The van der Waals surface area contributed by atoms with Gasteiger partial charge in [0.05, 0.1) is 12.6 Å². The summed E-state index contributed by atoms with van der Waals surface area (Å²) < 4.78 is 47.3. The van der Waals surface area contributed by atoms with Crippen LogP contribution in [-0.2, 0) is 26.4 Å². The Morgan fingerprint density at radius 2 is 1.59 bits per heavy atom. The van der Waals surface area contributed by atoms with Crippen molar-refractivity contribution in [3.8, 4) is 5.75 Å². The first kappa shape index (κ1) is 28.4. The Morgan fingerprint density at radius 1 is 0.974 bits per heavy atom. The molecule has 2 aliphatic rings. The number of rotatable bonds is 7. The zero-order chi connectivity index (χ0) is 28.4. The molecule has 2 aromatic carbocycles. The first-order chi connectivity index (χ1) is 18.4. The number of halogens is 3. The van der Waals surface area contributed by atoms with E-state index in [0.717, 1.165) is 11.1 Å². The van der Waals surface area contributed by atoms with Crippen molar-refractivity contribution >= 4 is 18.0 Å². The molecule has 1 saturated carbocycles. The molecular formula is C28H32F3N3O5. The zero-order valence-corrected chi connectivity index (χ0v) is 22.2. The number of methoxy groups -OCH3 is 1. The van der Waals surface area contributed by atoms with Crippen LogP contribution in [0.4, 0.5) is 18.0 Å². The van der Waals surface area contributed by atoms with E-state index in [-0.39, 0.29) is 18.6 Å². The van der Waals surface area contributed by atoms with Crippen molar-refractivity contribution in [3.63, 3.8) is 0 Å². The Hall–Kier alpha value is -3.60. The molecule has 0 unspecified atom stereocenters. The number of amides is 2. The van der Waals surface area contributed by atoms with Crippen molar-refractivity contribution in [2.45, 2.75) is 49.5 Å². The number of hydrogen-bond donors (Lipinski definition) is 0. The molecule has 0 radical (unpaired) electrons. The van der Waals surface area contributed by atoms with Gasteiger partial charge >= 0.3 is 24.1 Å². The number of esters is 2. The molecule has 8 nitrogen and oxygen atoms in total. The molecule has 1 aliphatic heterocycles. The quantitative estimate of drug-likeness (QED) is 0.379. The average molecular weight is 548 g/mol. The lowest BCUT2D eigenvalue weighted by molar-refractivity contribution is -0.202. The number of hydrogen-bond acceptors (Lipinski definition) is 6. The van der Waals surface area contributed by atoms with Gasteiger partial charge in [-0.25, -0.2) is 14.4 Å². The lowest BCUT2D eigenvalue weighted by Gasteiger charge is -2.50. The maximum atomic E-state index is 13.6. The van der Waals surface area contributed by atoms with E-state index in [0.29, 0.717) is 31.4 Å². The van der Waals surface area contributed by atoms with E-state index in [2.05, 4.69) is 21.8 Å². The minimum absolute atomic E-state index is 0.245. The second-order valence-corrected chi connectivity index (χ2v) is 10.3. The number of carbonyl (C=O) groups is 3. The van der Waals surface area contributed by atoms with Crippen LogP contribution in [0, 0.1) is 0 Å². The highest BCUT2D eigenvalue weighted by Gasteiger charge is 2.55. The lowest BCUT2D eigenvalue weighted by Crippen LogP contribution is -2.56. The molecule has 0 N–H and O–H groups in total. The second kappa shape index (κ2) is 10.9. The van der Waals surface area contributed by atoms with Crippen molar-refractivity contribution in [1.29, 1.82) is 0 Å². The fourth-order valence-corrected chi connectivity index (χ4v) is 5.81. The van der Waals surface area contributed by atoms with Crippen molar-refractivity contribution in [2.75, 3.05) is 34.3 Å². The maximum Gasteiger partial charge on any atom is 0.491 e. The topological polar surface area (TPSA) is 79.4 Å². The SMILES string of the molecule is COc1ccc(CN2CC3(CCC(c4ccccc4)(N(C)C)CC3)N(CC(=O)OC(=O)C(F)(F)F)C2=O)cc1. The summed E-state index contributed by atoms with van der Waals surface area (Å²) in [6.07, 6.45) is -2.99. The van der Waals surface area contributed by atoms with Crippen LogP contribution < -0.4 is 4.74 Å². The van der Waals surface area contributed by atoms with Gasteiger partial charge in [-0.2, -0.15) is 13.2 Å². The Morgan fingerprint density at radius 3 is 2.13 bits per heavy atom. The molecule has 2 fully saturated rings. The van der Waals surface area contributed by atoms with E-state index in [1.807, 2.05) is 44.4 Å². The summed E-state index contributed by atoms with van der Waals surface area (Å²) in [5, 5.41) is 0. The molecule has 39 heavy (non-hydrogen) atoms. The Kier molecular flexibility index (Phi) is 7.92. The average Bonchev–Trinajstić information content (AvgIpc) is 3.14. The normalized spacial score (nSPS) is 23.4. The molecule has 2 aromatic rings. The Labute approximate surface area is 225 Å². The van der Waals surface area contributed by atoms with Crippen molar-refractivity contribution in [3.05, 3.63) is 65.7 Å². The third-order valence-corrected chi connectivity index (χ3v) is 7.99. The van der Waals surface area contributed by atoms with E-state index in [1.165, 1.54) is 4.90 Å². The summed E-state index contributed by atoms with van der Waals surface area (Å²) in [4.78, 5) is 42.4. The summed E-state index contributed by atoms with van der Waals surface area (Å²) in [6.45, 7) is -0.216. The number of carbonyl (C=O) groups excluding carboxylic acids is 3. The lowest BCUT2D eigenvalue weighted by atomic mass is 9.68. The highest BCUT2D eigenvalue weighted by atomic mass is 19.4. The van der Waals surface area contributed by atoms with Gasteiger partial charge in [-0.1, -0.05) is 42.5 Å². The van der Waals surface area contributed by atoms with Crippen molar-refractivity contribution in [1.82, 2.24) is 14.7 Å². The summed E-state index contributed by atoms with van der Waals surface area (Å²) in [5.41, 5.74) is 0.847. The first-order valence-corrected chi connectivity index (χ1v) is 12.6. The highest BCUT2D eigenvalue weighted by Crippen LogP contribution is 2.49. The molecule has 1 heterocycles. The van der Waals surface area contributed by atoms with Gasteiger partial charge in [0.2, 0.25) is 0 Å². The van der Waals surface area contributed by atoms with Gasteiger partial charge in [-0.05, 0) is 63.0 Å². The van der Waals surface area contributed by atoms with E-state index < -0.39 is 36.2 Å². The van der Waals surface area contributed by atoms with Crippen molar-refractivity contribution < 1.29 is 37.0 Å². The van der Waals surface area contributed by atoms with Gasteiger partial charge in [0.25, 0.3) is 0 Å². The number of nitrogens with zero attached hydrogens (tertiary/aromatic N) is 3. The minimum atomic E-state index is -5.31. The predicted molar refractivity (Wildman–Crippen MR) is 136 cm³/mol. The monoisotopic (exact) mass is 547 g/mol. The molecule has 1 spiro atoms. The molecule has 2 amide bonds. The van der Waals surface area contributed by atoms with E-state index in [4.69, 9.17) is 4.74 Å². The van der Waals surface area contributed by atoms with Crippen LogP contribution in [0.15, 0.2) is 54.6 Å². The summed E-state index contributed by atoms with van der Waals surface area (Å²) >= 11 is 0. The molecular weight excluding hydrogens is 515 g/mol. The third kappa shape index (κ3) is 5.73. The number of benzene rings is 2. The largest absolute Gasteiger partial charge is 0.497 e. The second-order valence-electron chi connectivity index (χ2n) is 10.3. The van der Waals surface area contributed by atoms with Crippen LogP contribution >= 0.6 is 0 Å². The molecule has 1 saturated heterocycles. The Balaban J connectivity index is 1.60. The first-order valence-electron chi connectivity index (χ1n) is 12.6. The number of alkyl halides is 3. The van der Waals surface area contributed by atoms with Crippen LogP contribution in [0.5, 0.6) is 5.75 Å². The molecule has 0 aromatic heterocycles. The molecule has 0 atom stereocenters. The molecule has 1 aliphatic carbocycles. The standard InChI is InChI=1S/C28H32F3N3O5/c1-32(2)27(21-7-5-4-6-8-21)15-13-26(14-16-27)19-33(17-20-9-11-22(38-3)12-10-20)25(37)34(26)18-23(35)39-24(36)28(29,30)31/h4-12H,13-19H2,1-3H3. The van der Waals surface area contributed by atoms with Crippen LogP contribution in [0.25, 0.3) is 0 Å². The van der Waals surface area contributed by atoms with Crippen LogP contribution in [0.1, 0.15) is 36.8 Å². The van der Waals surface area contributed by atoms with E-state index in [9.17, 15) is 27.6 Å². The smallest absolute Gasteiger partial charge is 0.491 e. The highest BCUT2D eigenvalue weighted by molar-refractivity contribution is 5.91. The van der Waals surface area contributed by atoms with Gasteiger partial charge in [0.1, 0.15) is 12.3 Å². The van der Waals surface area contributed by atoms with Gasteiger partial charge in [0, 0.05) is 18.6 Å².